The Kier molecular flexibility index (Phi) is 8.82. The van der Waals surface area contributed by atoms with Gasteiger partial charge in [-0.05, 0) is 43.0 Å². The quantitative estimate of drug-likeness (QED) is 0.764. The SMILES string of the molecule is Cl.NC(C(=O)N1CCN(C(=O)COc2ccc(Cl)cc2)CC1)C1CCOCC1. The molecule has 156 valence electrons. The molecular formula is C19H27Cl2N3O4. The van der Waals surface area contributed by atoms with Gasteiger partial charge in [0.25, 0.3) is 5.91 Å². The molecule has 2 aliphatic heterocycles. The van der Waals surface area contributed by atoms with E-state index >= 15 is 0 Å². The molecule has 2 amide bonds. The van der Waals surface area contributed by atoms with Crippen LogP contribution in [-0.2, 0) is 14.3 Å². The fourth-order valence-electron chi connectivity index (χ4n) is 3.43. The molecule has 9 heteroatoms. The Balaban J connectivity index is 0.00000280. The Bertz CT molecular complexity index is 645. The first kappa shape index (κ1) is 22.7. The van der Waals surface area contributed by atoms with E-state index in [4.69, 9.17) is 26.8 Å². The number of hydrogen-bond donors (Lipinski definition) is 1. The minimum Gasteiger partial charge on any atom is -0.484 e. The maximum absolute atomic E-state index is 12.6. The van der Waals surface area contributed by atoms with Gasteiger partial charge >= 0.3 is 0 Å². The molecule has 1 aromatic carbocycles. The number of nitrogens with two attached hydrogens (primary N) is 1. The standard InChI is InChI=1S/C19H26ClN3O4.ClH/c20-15-1-3-16(4-2-15)27-13-17(24)22-7-9-23(10-8-22)19(25)18(21)14-5-11-26-12-6-14;/h1-4,14,18H,5-13,21H2;1H. The predicted molar refractivity (Wildman–Crippen MR) is 109 cm³/mol. The molecule has 2 saturated heterocycles. The number of halogens is 2. The molecule has 0 spiro atoms. The summed E-state index contributed by atoms with van der Waals surface area (Å²) in [5.74, 6) is 0.667. The van der Waals surface area contributed by atoms with Crippen molar-refractivity contribution in [2.45, 2.75) is 18.9 Å². The first-order valence-electron chi connectivity index (χ1n) is 9.33. The molecule has 1 unspecified atom stereocenters. The fraction of sp³-hybridized carbons (Fsp3) is 0.579. The van der Waals surface area contributed by atoms with E-state index in [2.05, 4.69) is 0 Å². The first-order chi connectivity index (χ1) is 13.0. The highest BCUT2D eigenvalue weighted by atomic mass is 35.5. The zero-order valence-electron chi connectivity index (χ0n) is 15.7. The van der Waals surface area contributed by atoms with E-state index in [1.807, 2.05) is 0 Å². The molecule has 2 aliphatic rings. The first-order valence-corrected chi connectivity index (χ1v) is 9.70. The zero-order chi connectivity index (χ0) is 19.2. The Morgan fingerprint density at radius 2 is 1.68 bits per heavy atom. The highest BCUT2D eigenvalue weighted by Crippen LogP contribution is 2.20. The number of benzene rings is 1. The largest absolute Gasteiger partial charge is 0.484 e. The number of ether oxygens (including phenoxy) is 2. The lowest BCUT2D eigenvalue weighted by Gasteiger charge is -2.37. The minimum absolute atomic E-state index is 0. The van der Waals surface area contributed by atoms with Gasteiger partial charge in [0.05, 0.1) is 6.04 Å². The number of hydrogen-bond acceptors (Lipinski definition) is 5. The molecule has 7 nitrogen and oxygen atoms in total. The van der Waals surface area contributed by atoms with Crippen molar-refractivity contribution in [3.05, 3.63) is 29.3 Å². The fourth-order valence-corrected chi connectivity index (χ4v) is 3.56. The Morgan fingerprint density at radius 1 is 1.11 bits per heavy atom. The molecule has 0 bridgehead atoms. The number of nitrogens with zero attached hydrogens (tertiary/aromatic N) is 2. The molecule has 0 aliphatic carbocycles. The van der Waals surface area contributed by atoms with E-state index in [1.54, 1.807) is 34.1 Å². The van der Waals surface area contributed by atoms with Gasteiger partial charge in [0.1, 0.15) is 5.75 Å². The molecule has 3 rings (SSSR count). The van der Waals surface area contributed by atoms with Crippen molar-refractivity contribution in [3.63, 3.8) is 0 Å². The number of piperazine rings is 1. The summed E-state index contributed by atoms with van der Waals surface area (Å²) in [6, 6.07) is 6.40. The van der Waals surface area contributed by atoms with Crippen LogP contribution >= 0.6 is 24.0 Å². The van der Waals surface area contributed by atoms with Gasteiger partial charge in [-0.15, -0.1) is 12.4 Å². The second-order valence-corrected chi connectivity index (χ2v) is 7.36. The van der Waals surface area contributed by atoms with E-state index in [0.29, 0.717) is 50.2 Å². The van der Waals surface area contributed by atoms with Crippen LogP contribution in [0.1, 0.15) is 12.8 Å². The monoisotopic (exact) mass is 431 g/mol. The van der Waals surface area contributed by atoms with E-state index in [0.717, 1.165) is 12.8 Å². The van der Waals surface area contributed by atoms with E-state index < -0.39 is 6.04 Å². The summed E-state index contributed by atoms with van der Waals surface area (Å²) in [6.45, 7) is 3.30. The lowest BCUT2D eigenvalue weighted by atomic mass is 9.91. The second kappa shape index (κ2) is 10.9. The van der Waals surface area contributed by atoms with Crippen molar-refractivity contribution in [3.8, 4) is 5.75 Å². The maximum Gasteiger partial charge on any atom is 0.260 e. The van der Waals surface area contributed by atoms with E-state index in [-0.39, 0.29) is 36.7 Å². The van der Waals surface area contributed by atoms with Gasteiger partial charge in [0, 0.05) is 44.4 Å². The molecular weight excluding hydrogens is 405 g/mol. The lowest BCUT2D eigenvalue weighted by Crippen LogP contribution is -2.56. The second-order valence-electron chi connectivity index (χ2n) is 6.92. The number of carbonyl (C=O) groups excluding carboxylic acids is 2. The molecule has 0 saturated carbocycles. The van der Waals surface area contributed by atoms with Crippen LogP contribution in [0.4, 0.5) is 0 Å². The Morgan fingerprint density at radius 3 is 2.29 bits per heavy atom. The van der Waals surface area contributed by atoms with Gasteiger partial charge in [-0.2, -0.15) is 0 Å². The molecule has 2 fully saturated rings. The molecule has 1 aromatic rings. The predicted octanol–water partition coefficient (Wildman–Crippen LogP) is 1.57. The third-order valence-electron chi connectivity index (χ3n) is 5.18. The van der Waals surface area contributed by atoms with Crippen molar-refractivity contribution in [1.29, 1.82) is 0 Å². The van der Waals surface area contributed by atoms with Gasteiger partial charge in [-0.3, -0.25) is 9.59 Å². The topological polar surface area (TPSA) is 85.1 Å². The average molecular weight is 432 g/mol. The molecule has 2 N–H and O–H groups in total. The van der Waals surface area contributed by atoms with Crippen LogP contribution in [0.15, 0.2) is 24.3 Å². The van der Waals surface area contributed by atoms with Crippen LogP contribution in [0.2, 0.25) is 5.02 Å². The number of amides is 2. The zero-order valence-corrected chi connectivity index (χ0v) is 17.3. The van der Waals surface area contributed by atoms with Crippen molar-refractivity contribution >= 4 is 35.8 Å². The van der Waals surface area contributed by atoms with Crippen LogP contribution in [0.3, 0.4) is 0 Å². The summed E-state index contributed by atoms with van der Waals surface area (Å²) in [7, 11) is 0. The van der Waals surface area contributed by atoms with Crippen LogP contribution in [0.25, 0.3) is 0 Å². The summed E-state index contributed by atoms with van der Waals surface area (Å²) in [5, 5.41) is 0.619. The third kappa shape index (κ3) is 5.98. The molecule has 2 heterocycles. The van der Waals surface area contributed by atoms with Gasteiger partial charge in [-0.1, -0.05) is 11.6 Å². The summed E-state index contributed by atoms with van der Waals surface area (Å²) in [4.78, 5) is 28.5. The van der Waals surface area contributed by atoms with E-state index in [9.17, 15) is 9.59 Å². The summed E-state index contributed by atoms with van der Waals surface area (Å²) >= 11 is 5.83. The summed E-state index contributed by atoms with van der Waals surface area (Å²) in [5.41, 5.74) is 6.18. The molecule has 28 heavy (non-hydrogen) atoms. The Hall–Kier alpha value is -1.54. The maximum atomic E-state index is 12.6. The number of rotatable bonds is 5. The van der Waals surface area contributed by atoms with Gasteiger partial charge in [0.2, 0.25) is 5.91 Å². The highest BCUT2D eigenvalue weighted by molar-refractivity contribution is 6.30. The van der Waals surface area contributed by atoms with Crippen LogP contribution in [-0.4, -0.2) is 73.7 Å². The summed E-state index contributed by atoms with van der Waals surface area (Å²) < 4.78 is 10.8. The van der Waals surface area contributed by atoms with Crippen molar-refractivity contribution in [1.82, 2.24) is 9.80 Å². The highest BCUT2D eigenvalue weighted by Gasteiger charge is 2.32. The van der Waals surface area contributed by atoms with Gasteiger partial charge in [0.15, 0.2) is 6.61 Å². The molecule has 0 aromatic heterocycles. The summed E-state index contributed by atoms with van der Waals surface area (Å²) in [6.07, 6.45) is 1.65. The van der Waals surface area contributed by atoms with Crippen LogP contribution in [0.5, 0.6) is 5.75 Å². The average Bonchev–Trinajstić information content (AvgIpc) is 2.73. The van der Waals surface area contributed by atoms with E-state index in [1.165, 1.54) is 0 Å². The third-order valence-corrected chi connectivity index (χ3v) is 5.43. The van der Waals surface area contributed by atoms with Crippen molar-refractivity contribution in [2.24, 2.45) is 11.7 Å². The number of carbonyl (C=O) groups is 2. The van der Waals surface area contributed by atoms with Crippen LogP contribution < -0.4 is 10.5 Å². The van der Waals surface area contributed by atoms with Crippen molar-refractivity contribution < 1.29 is 19.1 Å². The van der Waals surface area contributed by atoms with Gasteiger partial charge < -0.3 is 25.0 Å². The smallest absolute Gasteiger partial charge is 0.260 e. The minimum atomic E-state index is -0.482. The molecule has 0 radical (unpaired) electrons. The Labute approximate surface area is 176 Å². The molecule has 1 atom stereocenters. The normalized spacial score (nSPS) is 18.9. The lowest BCUT2D eigenvalue weighted by molar-refractivity contribution is -0.142. The van der Waals surface area contributed by atoms with Gasteiger partial charge in [-0.25, -0.2) is 0 Å². The van der Waals surface area contributed by atoms with Crippen LogP contribution in [0, 0.1) is 5.92 Å². The van der Waals surface area contributed by atoms with Crippen molar-refractivity contribution in [2.75, 3.05) is 46.0 Å².